The summed E-state index contributed by atoms with van der Waals surface area (Å²) in [5.41, 5.74) is 1.80. The SMILES string of the molecule is CCc1ccc(C(=O)CCC(=O)N(C)CCCC(=O)O)cc1. The Bertz CT molecular complexity index is 522. The number of amides is 1. The van der Waals surface area contributed by atoms with E-state index in [1.807, 2.05) is 12.1 Å². The van der Waals surface area contributed by atoms with Gasteiger partial charge in [-0.3, -0.25) is 14.4 Å². The van der Waals surface area contributed by atoms with Crippen molar-refractivity contribution in [2.24, 2.45) is 0 Å². The van der Waals surface area contributed by atoms with Crippen molar-refractivity contribution in [3.8, 4) is 0 Å². The normalized spacial score (nSPS) is 10.3. The maximum Gasteiger partial charge on any atom is 0.303 e. The molecule has 0 aliphatic rings. The van der Waals surface area contributed by atoms with Gasteiger partial charge in [0.2, 0.25) is 5.91 Å². The Balaban J connectivity index is 2.38. The maximum atomic E-state index is 12.0. The van der Waals surface area contributed by atoms with E-state index < -0.39 is 5.97 Å². The zero-order valence-corrected chi connectivity index (χ0v) is 13.2. The molecular weight excluding hydrogens is 282 g/mol. The molecule has 0 saturated carbocycles. The minimum absolute atomic E-state index is 0.0420. The molecule has 0 spiro atoms. The molecule has 0 atom stereocenters. The summed E-state index contributed by atoms with van der Waals surface area (Å²) < 4.78 is 0. The van der Waals surface area contributed by atoms with Crippen LogP contribution in [0.25, 0.3) is 0 Å². The third-order valence-electron chi connectivity index (χ3n) is 3.56. The van der Waals surface area contributed by atoms with Gasteiger partial charge in [0.1, 0.15) is 0 Å². The van der Waals surface area contributed by atoms with Gasteiger partial charge in [-0.15, -0.1) is 0 Å². The number of benzene rings is 1. The standard InChI is InChI=1S/C17H23NO4/c1-3-13-6-8-14(9-7-13)15(19)10-11-16(20)18(2)12-4-5-17(21)22/h6-9H,3-5,10-12H2,1-2H3,(H,21,22). The van der Waals surface area contributed by atoms with Crippen LogP contribution in [0.4, 0.5) is 0 Å². The number of Topliss-reactive ketones (excluding diaryl/α,β-unsaturated/α-hetero) is 1. The molecule has 0 fully saturated rings. The monoisotopic (exact) mass is 305 g/mol. The zero-order chi connectivity index (χ0) is 16.5. The molecule has 0 bridgehead atoms. The Morgan fingerprint density at radius 2 is 1.68 bits per heavy atom. The predicted molar refractivity (Wildman–Crippen MR) is 83.9 cm³/mol. The van der Waals surface area contributed by atoms with Crippen molar-refractivity contribution < 1.29 is 19.5 Å². The van der Waals surface area contributed by atoms with Crippen LogP contribution in [0.5, 0.6) is 0 Å². The van der Waals surface area contributed by atoms with Gasteiger partial charge < -0.3 is 10.0 Å². The lowest BCUT2D eigenvalue weighted by Crippen LogP contribution is -2.28. The Labute approximate surface area is 130 Å². The smallest absolute Gasteiger partial charge is 0.303 e. The molecule has 5 nitrogen and oxygen atoms in total. The largest absolute Gasteiger partial charge is 0.481 e. The minimum atomic E-state index is -0.869. The lowest BCUT2D eigenvalue weighted by molar-refractivity contribution is -0.138. The number of carbonyl (C=O) groups excluding carboxylic acids is 2. The summed E-state index contributed by atoms with van der Waals surface area (Å²) in [6.07, 6.45) is 1.71. The second-order valence-electron chi connectivity index (χ2n) is 5.29. The molecule has 0 radical (unpaired) electrons. The second-order valence-corrected chi connectivity index (χ2v) is 5.29. The van der Waals surface area contributed by atoms with E-state index in [4.69, 9.17) is 5.11 Å². The average molecular weight is 305 g/mol. The quantitative estimate of drug-likeness (QED) is 0.711. The van der Waals surface area contributed by atoms with E-state index in [0.717, 1.165) is 6.42 Å². The Morgan fingerprint density at radius 3 is 2.23 bits per heavy atom. The summed E-state index contributed by atoms with van der Waals surface area (Å²) in [6, 6.07) is 7.44. The van der Waals surface area contributed by atoms with Crippen LogP contribution in [0.1, 0.15) is 48.5 Å². The molecule has 1 rings (SSSR count). The van der Waals surface area contributed by atoms with E-state index >= 15 is 0 Å². The van der Waals surface area contributed by atoms with Crippen LogP contribution in [0.3, 0.4) is 0 Å². The topological polar surface area (TPSA) is 74.7 Å². The van der Waals surface area contributed by atoms with Gasteiger partial charge in [-0.05, 0) is 18.4 Å². The molecule has 1 aromatic rings. The highest BCUT2D eigenvalue weighted by atomic mass is 16.4. The molecular formula is C17H23NO4. The van der Waals surface area contributed by atoms with Crippen LogP contribution < -0.4 is 0 Å². The molecule has 120 valence electrons. The number of nitrogens with zero attached hydrogens (tertiary/aromatic N) is 1. The van der Waals surface area contributed by atoms with Crippen LogP contribution in [0.15, 0.2) is 24.3 Å². The molecule has 1 amide bonds. The number of ketones is 1. The zero-order valence-electron chi connectivity index (χ0n) is 13.2. The van der Waals surface area contributed by atoms with Crippen LogP contribution in [-0.4, -0.2) is 41.3 Å². The first-order valence-electron chi connectivity index (χ1n) is 7.52. The van der Waals surface area contributed by atoms with Crippen molar-refractivity contribution in [1.82, 2.24) is 4.90 Å². The fraction of sp³-hybridized carbons (Fsp3) is 0.471. The summed E-state index contributed by atoms with van der Waals surface area (Å²) >= 11 is 0. The summed E-state index contributed by atoms with van der Waals surface area (Å²) in [7, 11) is 1.63. The minimum Gasteiger partial charge on any atom is -0.481 e. The van der Waals surface area contributed by atoms with Crippen molar-refractivity contribution in [3.05, 3.63) is 35.4 Å². The first-order valence-corrected chi connectivity index (χ1v) is 7.52. The van der Waals surface area contributed by atoms with E-state index in [-0.39, 0.29) is 31.0 Å². The number of hydrogen-bond acceptors (Lipinski definition) is 3. The first kappa shape index (κ1) is 17.9. The molecule has 0 aliphatic carbocycles. The van der Waals surface area contributed by atoms with E-state index in [1.54, 1.807) is 19.2 Å². The summed E-state index contributed by atoms with van der Waals surface area (Å²) in [5.74, 6) is -1.05. The van der Waals surface area contributed by atoms with Crippen LogP contribution in [-0.2, 0) is 16.0 Å². The molecule has 1 N–H and O–H groups in total. The number of aliphatic carboxylic acids is 1. The van der Waals surface area contributed by atoms with Crippen molar-refractivity contribution >= 4 is 17.7 Å². The lowest BCUT2D eigenvalue weighted by atomic mass is 10.0. The summed E-state index contributed by atoms with van der Waals surface area (Å²) in [5, 5.41) is 8.56. The van der Waals surface area contributed by atoms with E-state index in [2.05, 4.69) is 6.92 Å². The average Bonchev–Trinajstić information content (AvgIpc) is 2.51. The van der Waals surface area contributed by atoms with Gasteiger partial charge in [-0.1, -0.05) is 31.2 Å². The number of carboxylic acid groups (broad SMARTS) is 1. The Hall–Kier alpha value is -2.17. The number of carbonyl (C=O) groups is 3. The van der Waals surface area contributed by atoms with Gasteiger partial charge in [0.15, 0.2) is 5.78 Å². The molecule has 0 heterocycles. The molecule has 5 heteroatoms. The second kappa shape index (κ2) is 8.97. The highest BCUT2D eigenvalue weighted by Crippen LogP contribution is 2.09. The van der Waals surface area contributed by atoms with Crippen molar-refractivity contribution in [1.29, 1.82) is 0 Å². The summed E-state index contributed by atoms with van der Waals surface area (Å²) in [4.78, 5) is 35.8. The highest BCUT2D eigenvalue weighted by molar-refractivity contribution is 5.97. The number of carboxylic acids is 1. The molecule has 0 aromatic heterocycles. The third kappa shape index (κ3) is 6.08. The van der Waals surface area contributed by atoms with Gasteiger partial charge in [-0.25, -0.2) is 0 Å². The molecule has 0 unspecified atom stereocenters. The number of rotatable bonds is 9. The first-order chi connectivity index (χ1) is 10.4. The fourth-order valence-electron chi connectivity index (χ4n) is 2.07. The van der Waals surface area contributed by atoms with Gasteiger partial charge in [0.05, 0.1) is 0 Å². The van der Waals surface area contributed by atoms with Crippen molar-refractivity contribution in [2.75, 3.05) is 13.6 Å². The Morgan fingerprint density at radius 1 is 1.05 bits per heavy atom. The molecule has 1 aromatic carbocycles. The van der Waals surface area contributed by atoms with Crippen LogP contribution in [0, 0.1) is 0 Å². The molecule has 22 heavy (non-hydrogen) atoms. The molecule has 0 saturated heterocycles. The Kier molecular flexibility index (Phi) is 7.29. The van der Waals surface area contributed by atoms with Gasteiger partial charge in [-0.2, -0.15) is 0 Å². The fourth-order valence-corrected chi connectivity index (χ4v) is 2.07. The van der Waals surface area contributed by atoms with Gasteiger partial charge in [0.25, 0.3) is 0 Å². The lowest BCUT2D eigenvalue weighted by Gasteiger charge is -2.16. The number of hydrogen-bond donors (Lipinski definition) is 1. The maximum absolute atomic E-state index is 12.0. The molecule has 0 aliphatic heterocycles. The van der Waals surface area contributed by atoms with E-state index in [0.29, 0.717) is 18.5 Å². The summed E-state index contributed by atoms with van der Waals surface area (Å²) in [6.45, 7) is 2.44. The van der Waals surface area contributed by atoms with E-state index in [9.17, 15) is 14.4 Å². The van der Waals surface area contributed by atoms with Crippen molar-refractivity contribution in [3.63, 3.8) is 0 Å². The predicted octanol–water partition coefficient (Wildman–Crippen LogP) is 2.54. The van der Waals surface area contributed by atoms with Crippen LogP contribution in [0.2, 0.25) is 0 Å². The van der Waals surface area contributed by atoms with Crippen molar-refractivity contribution in [2.45, 2.75) is 39.0 Å². The third-order valence-corrected chi connectivity index (χ3v) is 3.56. The van der Waals surface area contributed by atoms with Crippen LogP contribution >= 0.6 is 0 Å². The van der Waals surface area contributed by atoms with E-state index in [1.165, 1.54) is 10.5 Å². The van der Waals surface area contributed by atoms with Gasteiger partial charge in [0, 0.05) is 38.4 Å². The van der Waals surface area contributed by atoms with Gasteiger partial charge >= 0.3 is 5.97 Å². The number of aryl methyl sites for hydroxylation is 1. The highest BCUT2D eigenvalue weighted by Gasteiger charge is 2.13.